The predicted molar refractivity (Wildman–Crippen MR) is 136 cm³/mol. The van der Waals surface area contributed by atoms with Crippen LogP contribution >= 0.6 is 0 Å². The first-order valence-corrected chi connectivity index (χ1v) is 11.9. The Bertz CT molecular complexity index is 1010. The van der Waals surface area contributed by atoms with Crippen LogP contribution in [0.15, 0.2) is 42.6 Å². The molecule has 2 heterocycles. The van der Waals surface area contributed by atoms with Crippen molar-refractivity contribution in [3.05, 3.63) is 70.5 Å². The second-order valence-electron chi connectivity index (χ2n) is 9.40. The molecule has 1 aromatic heterocycles. The van der Waals surface area contributed by atoms with E-state index in [1.807, 2.05) is 27.7 Å². The first kappa shape index (κ1) is 24.9. The van der Waals surface area contributed by atoms with E-state index in [2.05, 4.69) is 95.6 Å². The molecule has 1 aliphatic rings. The molecule has 0 aliphatic carbocycles. The van der Waals surface area contributed by atoms with Crippen LogP contribution in [0, 0.1) is 26.2 Å². The van der Waals surface area contributed by atoms with E-state index in [0.717, 1.165) is 12.2 Å². The number of hydrogen-bond acceptors (Lipinski definition) is 1. The van der Waals surface area contributed by atoms with E-state index < -0.39 is 0 Å². The van der Waals surface area contributed by atoms with Gasteiger partial charge in [-0.15, -0.1) is 0 Å². The maximum Gasteiger partial charge on any atom is 0.145 e. The fourth-order valence-electron chi connectivity index (χ4n) is 4.69. The summed E-state index contributed by atoms with van der Waals surface area (Å²) in [6.45, 7) is 24.1. The van der Waals surface area contributed by atoms with Gasteiger partial charge in [-0.05, 0) is 54.7 Å². The Kier molecular flexibility index (Phi) is 7.57. The van der Waals surface area contributed by atoms with Gasteiger partial charge >= 0.3 is 0 Å². The lowest BCUT2D eigenvalue weighted by Gasteiger charge is -2.43. The number of nitrogens with zero attached hydrogens (tertiary/aromatic N) is 2. The summed E-state index contributed by atoms with van der Waals surface area (Å²) in [6, 6.07) is 13.4. The highest BCUT2D eigenvalue weighted by atomic mass is 15.1. The number of fused-ring (bicyclic) bond motifs is 4. The number of imidazole rings is 1. The average Bonchev–Trinajstić information content (AvgIpc) is 3.12. The summed E-state index contributed by atoms with van der Waals surface area (Å²) in [4.78, 5) is 5.12. The molecule has 0 saturated heterocycles. The minimum absolute atomic E-state index is 0.0528. The van der Waals surface area contributed by atoms with Crippen molar-refractivity contribution in [3.63, 3.8) is 0 Å². The Balaban J connectivity index is 0.000000807. The number of aromatic nitrogens is 2. The van der Waals surface area contributed by atoms with Crippen LogP contribution in [0.5, 0.6) is 0 Å². The van der Waals surface area contributed by atoms with Crippen molar-refractivity contribution in [2.75, 3.05) is 0 Å². The zero-order valence-electron chi connectivity index (χ0n) is 21.6. The fourth-order valence-corrected chi connectivity index (χ4v) is 4.69. The summed E-state index contributed by atoms with van der Waals surface area (Å²) in [5.74, 6) is 1.07. The summed E-state index contributed by atoms with van der Waals surface area (Å²) < 4.78 is 2.33. The molecule has 2 heteroatoms. The summed E-state index contributed by atoms with van der Waals surface area (Å²) in [5, 5.41) is 0. The lowest BCUT2D eigenvalue weighted by molar-refractivity contribution is 0.194. The van der Waals surface area contributed by atoms with Gasteiger partial charge in [0.2, 0.25) is 0 Å². The molecule has 0 atom stereocenters. The summed E-state index contributed by atoms with van der Waals surface area (Å²) in [7, 11) is 0. The molecule has 0 unspecified atom stereocenters. The van der Waals surface area contributed by atoms with E-state index in [-0.39, 0.29) is 10.8 Å². The molecule has 0 amide bonds. The van der Waals surface area contributed by atoms with E-state index in [9.17, 15) is 0 Å². The average molecular weight is 419 g/mol. The van der Waals surface area contributed by atoms with Gasteiger partial charge in [-0.25, -0.2) is 4.98 Å². The lowest BCUT2D eigenvalue weighted by atomic mass is 9.61. The molecule has 2 aromatic carbocycles. The molecule has 0 saturated carbocycles. The molecule has 0 N–H and O–H groups in total. The van der Waals surface area contributed by atoms with E-state index >= 15 is 0 Å². The normalized spacial score (nSPS) is 15.3. The smallest absolute Gasteiger partial charge is 0.145 e. The predicted octanol–water partition coefficient (Wildman–Crippen LogP) is 8.38. The monoisotopic (exact) mass is 418 g/mol. The van der Waals surface area contributed by atoms with Gasteiger partial charge in [-0.2, -0.15) is 0 Å². The van der Waals surface area contributed by atoms with Crippen LogP contribution < -0.4 is 0 Å². The van der Waals surface area contributed by atoms with Gasteiger partial charge in [0.05, 0.1) is 11.4 Å². The highest BCUT2D eigenvalue weighted by Crippen LogP contribution is 2.48. The zero-order valence-corrected chi connectivity index (χ0v) is 21.6. The largest absolute Gasteiger partial charge is 0.299 e. The van der Waals surface area contributed by atoms with Crippen molar-refractivity contribution >= 4 is 0 Å². The van der Waals surface area contributed by atoms with Crippen molar-refractivity contribution in [1.82, 2.24) is 9.55 Å². The highest BCUT2D eigenvalue weighted by Gasteiger charge is 2.42. The van der Waals surface area contributed by atoms with Gasteiger partial charge in [0.1, 0.15) is 5.82 Å². The van der Waals surface area contributed by atoms with Gasteiger partial charge < -0.3 is 0 Å². The van der Waals surface area contributed by atoms with Crippen LogP contribution in [0.1, 0.15) is 83.3 Å². The zero-order chi connectivity index (χ0) is 23.6. The fraction of sp³-hybridized carbons (Fsp3) is 0.483. The third-order valence-corrected chi connectivity index (χ3v) is 6.79. The van der Waals surface area contributed by atoms with E-state index in [1.165, 1.54) is 39.2 Å². The minimum atomic E-state index is 0.0528. The van der Waals surface area contributed by atoms with Crippen LogP contribution in [0.2, 0.25) is 0 Å². The summed E-state index contributed by atoms with van der Waals surface area (Å²) in [5.41, 5.74) is 9.15. The van der Waals surface area contributed by atoms with Gasteiger partial charge in [0.15, 0.2) is 0 Å². The topological polar surface area (TPSA) is 17.8 Å². The maximum absolute atomic E-state index is 5.12. The van der Waals surface area contributed by atoms with Gasteiger partial charge in [0.25, 0.3) is 0 Å². The van der Waals surface area contributed by atoms with E-state index in [4.69, 9.17) is 4.98 Å². The molecule has 168 valence electrons. The van der Waals surface area contributed by atoms with E-state index in [1.54, 1.807) is 0 Å². The van der Waals surface area contributed by atoms with Crippen molar-refractivity contribution in [3.8, 4) is 17.1 Å². The van der Waals surface area contributed by atoms with Crippen LogP contribution in [0.4, 0.5) is 0 Å². The second kappa shape index (κ2) is 9.42. The van der Waals surface area contributed by atoms with E-state index in [0.29, 0.717) is 0 Å². The van der Waals surface area contributed by atoms with Crippen LogP contribution in [0.3, 0.4) is 0 Å². The summed E-state index contributed by atoms with van der Waals surface area (Å²) in [6.07, 6.45) is 3.23. The molecule has 2 bridgehead atoms. The Labute approximate surface area is 190 Å². The van der Waals surface area contributed by atoms with Crippen LogP contribution in [-0.4, -0.2) is 9.55 Å². The van der Waals surface area contributed by atoms with Crippen molar-refractivity contribution in [2.45, 2.75) is 88.0 Å². The summed E-state index contributed by atoms with van der Waals surface area (Å²) >= 11 is 0. The van der Waals surface area contributed by atoms with Crippen molar-refractivity contribution in [2.24, 2.45) is 5.41 Å². The van der Waals surface area contributed by atoms with Gasteiger partial charge in [-0.3, -0.25) is 4.57 Å². The lowest BCUT2D eigenvalue weighted by Crippen LogP contribution is -2.39. The highest BCUT2D eigenvalue weighted by molar-refractivity contribution is 5.68. The third-order valence-electron chi connectivity index (χ3n) is 6.79. The molecule has 4 rings (SSSR count). The molecule has 0 radical (unpaired) electrons. The van der Waals surface area contributed by atoms with Crippen molar-refractivity contribution < 1.29 is 0 Å². The molecule has 0 fully saturated rings. The molecular weight excluding hydrogens is 376 g/mol. The Hall–Kier alpha value is -2.35. The Morgan fingerprint density at radius 2 is 1.39 bits per heavy atom. The molecule has 2 nitrogen and oxygen atoms in total. The first-order chi connectivity index (χ1) is 14.6. The molecule has 3 aromatic rings. The quantitative estimate of drug-likeness (QED) is 0.388. The van der Waals surface area contributed by atoms with Gasteiger partial charge in [-0.1, -0.05) is 97.4 Å². The first-order valence-electron chi connectivity index (χ1n) is 11.9. The number of rotatable bonds is 1. The number of benzene rings is 2. The third kappa shape index (κ3) is 4.35. The Morgan fingerprint density at radius 3 is 1.97 bits per heavy atom. The second-order valence-corrected chi connectivity index (χ2v) is 9.40. The molecular formula is C29H42N2. The van der Waals surface area contributed by atoms with Crippen molar-refractivity contribution in [1.29, 1.82) is 0 Å². The van der Waals surface area contributed by atoms with Crippen LogP contribution in [0.25, 0.3) is 17.1 Å². The number of hydrogen-bond donors (Lipinski definition) is 0. The standard InChI is InChI=1S/C25H30N2.2C2H6/c1-16-12-17(2)22(18(3)13-16)27-15-19-14-24(4,5)25(6,7)21-11-9-8-10-20(21)23(27)26-19;2*1-2/h8-13,15H,14H2,1-7H3;2*1-2H3. The minimum Gasteiger partial charge on any atom is -0.299 e. The molecule has 31 heavy (non-hydrogen) atoms. The van der Waals surface area contributed by atoms with Gasteiger partial charge in [0, 0.05) is 11.8 Å². The SMILES string of the molecule is CC.CC.Cc1cc(C)c(-n2cc3nc2-c2ccccc2C(C)(C)C(C)(C)C3)c(C)c1. The molecule has 0 spiro atoms. The molecule has 1 aliphatic heterocycles. The Morgan fingerprint density at radius 1 is 0.839 bits per heavy atom. The van der Waals surface area contributed by atoms with Crippen LogP contribution in [-0.2, 0) is 11.8 Å². The maximum atomic E-state index is 5.12. The number of aryl methyl sites for hydroxylation is 3.